The highest BCUT2D eigenvalue weighted by atomic mass is 35.5. The van der Waals surface area contributed by atoms with Crippen molar-refractivity contribution >= 4 is 29.2 Å². The molecule has 0 saturated heterocycles. The molecule has 1 aromatic carbocycles. The van der Waals surface area contributed by atoms with Crippen molar-refractivity contribution in [1.82, 2.24) is 0 Å². The highest BCUT2D eigenvalue weighted by Crippen LogP contribution is 2.35. The van der Waals surface area contributed by atoms with Gasteiger partial charge in [-0.05, 0) is 30.9 Å². The molecule has 0 fully saturated rings. The molecule has 0 radical (unpaired) electrons. The molecule has 0 spiro atoms. The van der Waals surface area contributed by atoms with E-state index in [1.807, 2.05) is 13.8 Å². The monoisotopic (exact) mass is 333 g/mol. The maximum absolute atomic E-state index is 11.3. The fourth-order valence-electron chi connectivity index (χ4n) is 2.11. The quantitative estimate of drug-likeness (QED) is 0.766. The normalized spacial score (nSPS) is 13.6. The number of methoxy groups -OCH3 is 1. The van der Waals surface area contributed by atoms with E-state index in [-0.39, 0.29) is 17.9 Å². The molecule has 0 aliphatic rings. The van der Waals surface area contributed by atoms with Gasteiger partial charge in [0, 0.05) is 23.6 Å². The van der Waals surface area contributed by atoms with E-state index in [9.17, 15) is 4.79 Å². The van der Waals surface area contributed by atoms with Crippen LogP contribution in [0.4, 0.5) is 0 Å². The van der Waals surface area contributed by atoms with Crippen molar-refractivity contribution in [2.24, 2.45) is 11.7 Å². The van der Waals surface area contributed by atoms with Crippen molar-refractivity contribution in [3.05, 3.63) is 27.7 Å². The molecule has 6 heteroatoms. The molecule has 21 heavy (non-hydrogen) atoms. The van der Waals surface area contributed by atoms with Gasteiger partial charge >= 0.3 is 5.97 Å². The van der Waals surface area contributed by atoms with E-state index in [1.54, 1.807) is 12.1 Å². The Hall–Kier alpha value is -0.970. The third kappa shape index (κ3) is 5.38. The Balaban J connectivity index is 2.80. The van der Waals surface area contributed by atoms with Crippen LogP contribution in [0.2, 0.25) is 10.0 Å². The summed E-state index contributed by atoms with van der Waals surface area (Å²) in [4.78, 5) is 11.3. The molecule has 118 valence electrons. The van der Waals surface area contributed by atoms with Crippen LogP contribution in [0, 0.1) is 5.92 Å². The summed E-state index contributed by atoms with van der Waals surface area (Å²) in [6, 6.07) is 3.10. The zero-order chi connectivity index (χ0) is 16.0. The fraction of sp³-hybridized carbons (Fsp3) is 0.533. The van der Waals surface area contributed by atoms with E-state index in [1.165, 1.54) is 7.11 Å². The summed E-state index contributed by atoms with van der Waals surface area (Å²) >= 11 is 12.4. The minimum atomic E-state index is -0.301. The second-order valence-corrected chi connectivity index (χ2v) is 5.78. The third-order valence-electron chi connectivity index (χ3n) is 3.15. The number of carbonyl (C=O) groups excluding carboxylic acids is 1. The standard InChI is InChI=1S/C15H21Cl2NO3/c1-4-21-14-8-11(16)10(7-12(14)17)13(18)5-9(2)6-15(19)20-3/h7-9,13H,4-6,18H2,1-3H3. The lowest BCUT2D eigenvalue weighted by atomic mass is 9.94. The van der Waals surface area contributed by atoms with Gasteiger partial charge in [0.15, 0.2) is 0 Å². The SMILES string of the molecule is CCOc1cc(Cl)c(C(N)CC(C)CC(=O)OC)cc1Cl. The van der Waals surface area contributed by atoms with Crippen molar-refractivity contribution in [3.8, 4) is 5.75 Å². The van der Waals surface area contributed by atoms with Crippen LogP contribution in [-0.4, -0.2) is 19.7 Å². The van der Waals surface area contributed by atoms with Crippen LogP contribution >= 0.6 is 23.2 Å². The molecule has 0 bridgehead atoms. The molecule has 0 saturated carbocycles. The van der Waals surface area contributed by atoms with Gasteiger partial charge in [-0.2, -0.15) is 0 Å². The fourth-order valence-corrected chi connectivity index (χ4v) is 2.63. The Morgan fingerprint density at radius 1 is 1.33 bits per heavy atom. The molecule has 0 aliphatic carbocycles. The maximum Gasteiger partial charge on any atom is 0.305 e. The minimum absolute atomic E-state index is 0.0915. The lowest BCUT2D eigenvalue weighted by Gasteiger charge is -2.19. The molecule has 0 heterocycles. The summed E-state index contributed by atoms with van der Waals surface area (Å²) in [6.07, 6.45) is 0.936. The van der Waals surface area contributed by atoms with Crippen molar-refractivity contribution in [1.29, 1.82) is 0 Å². The summed E-state index contributed by atoms with van der Waals surface area (Å²) in [5, 5.41) is 0.993. The molecular weight excluding hydrogens is 313 g/mol. The van der Waals surface area contributed by atoms with Gasteiger partial charge in [-0.3, -0.25) is 4.79 Å². The molecule has 0 aromatic heterocycles. The summed E-state index contributed by atoms with van der Waals surface area (Å²) in [7, 11) is 1.37. The van der Waals surface area contributed by atoms with E-state index in [0.717, 1.165) is 5.56 Å². The average molecular weight is 334 g/mol. The zero-order valence-electron chi connectivity index (χ0n) is 12.5. The summed E-state index contributed by atoms with van der Waals surface area (Å²) in [5.41, 5.74) is 6.92. The van der Waals surface area contributed by atoms with Gasteiger partial charge in [-0.1, -0.05) is 30.1 Å². The Labute approximate surface area is 135 Å². The van der Waals surface area contributed by atoms with E-state index in [2.05, 4.69) is 4.74 Å². The highest BCUT2D eigenvalue weighted by molar-refractivity contribution is 6.34. The highest BCUT2D eigenvalue weighted by Gasteiger charge is 2.18. The van der Waals surface area contributed by atoms with Crippen LogP contribution < -0.4 is 10.5 Å². The minimum Gasteiger partial charge on any atom is -0.492 e. The predicted octanol–water partition coefficient (Wildman–Crippen LogP) is 3.98. The molecule has 2 atom stereocenters. The third-order valence-corrected chi connectivity index (χ3v) is 3.77. The first-order valence-electron chi connectivity index (χ1n) is 6.83. The van der Waals surface area contributed by atoms with E-state index in [4.69, 9.17) is 33.7 Å². The van der Waals surface area contributed by atoms with Gasteiger partial charge in [-0.25, -0.2) is 0 Å². The van der Waals surface area contributed by atoms with E-state index in [0.29, 0.717) is 35.2 Å². The van der Waals surface area contributed by atoms with Gasteiger partial charge in [-0.15, -0.1) is 0 Å². The van der Waals surface area contributed by atoms with Crippen molar-refractivity contribution in [2.45, 2.75) is 32.7 Å². The second-order valence-electron chi connectivity index (χ2n) is 4.96. The van der Waals surface area contributed by atoms with Crippen LogP contribution in [0.1, 0.15) is 38.3 Å². The number of rotatable bonds is 7. The number of benzene rings is 1. The van der Waals surface area contributed by atoms with Crippen molar-refractivity contribution in [2.75, 3.05) is 13.7 Å². The predicted molar refractivity (Wildman–Crippen MR) is 85.0 cm³/mol. The molecule has 0 aliphatic heterocycles. The van der Waals surface area contributed by atoms with Gasteiger partial charge in [0.1, 0.15) is 5.75 Å². The zero-order valence-corrected chi connectivity index (χ0v) is 14.0. The lowest BCUT2D eigenvalue weighted by Crippen LogP contribution is -2.17. The molecule has 4 nitrogen and oxygen atoms in total. The molecular formula is C15H21Cl2NO3. The summed E-state index contributed by atoms with van der Waals surface area (Å²) in [5.74, 6) is 0.391. The number of hydrogen-bond donors (Lipinski definition) is 1. The van der Waals surface area contributed by atoms with Gasteiger partial charge in [0.25, 0.3) is 0 Å². The Kier molecular flexibility index (Phi) is 7.29. The second kappa shape index (κ2) is 8.47. The van der Waals surface area contributed by atoms with E-state index < -0.39 is 0 Å². The first kappa shape index (κ1) is 18.1. The van der Waals surface area contributed by atoms with E-state index >= 15 is 0 Å². The first-order chi connectivity index (χ1) is 9.88. The molecule has 2 N–H and O–H groups in total. The lowest BCUT2D eigenvalue weighted by molar-refractivity contribution is -0.141. The average Bonchev–Trinajstić information content (AvgIpc) is 2.42. The van der Waals surface area contributed by atoms with Crippen molar-refractivity contribution < 1.29 is 14.3 Å². The summed E-state index contributed by atoms with van der Waals surface area (Å²) < 4.78 is 10.0. The molecule has 1 aromatic rings. The summed E-state index contributed by atoms with van der Waals surface area (Å²) in [6.45, 7) is 4.33. The number of esters is 1. The van der Waals surface area contributed by atoms with Crippen LogP contribution in [0.3, 0.4) is 0 Å². The number of halogens is 2. The van der Waals surface area contributed by atoms with Gasteiger partial charge < -0.3 is 15.2 Å². The maximum atomic E-state index is 11.3. The number of hydrogen-bond acceptors (Lipinski definition) is 4. The topological polar surface area (TPSA) is 61.5 Å². The number of carbonyl (C=O) groups is 1. The molecule has 0 amide bonds. The van der Waals surface area contributed by atoms with Crippen LogP contribution in [0.15, 0.2) is 12.1 Å². The Bertz CT molecular complexity index is 494. The Morgan fingerprint density at radius 2 is 2.00 bits per heavy atom. The van der Waals surface area contributed by atoms with Crippen LogP contribution in [0.25, 0.3) is 0 Å². The van der Waals surface area contributed by atoms with Gasteiger partial charge in [0.2, 0.25) is 0 Å². The largest absolute Gasteiger partial charge is 0.492 e. The Morgan fingerprint density at radius 3 is 2.57 bits per heavy atom. The van der Waals surface area contributed by atoms with Gasteiger partial charge in [0.05, 0.1) is 18.7 Å². The number of ether oxygens (including phenoxy) is 2. The molecule has 2 unspecified atom stereocenters. The van der Waals surface area contributed by atoms with Crippen LogP contribution in [-0.2, 0) is 9.53 Å². The number of nitrogens with two attached hydrogens (primary N) is 1. The first-order valence-corrected chi connectivity index (χ1v) is 7.58. The van der Waals surface area contributed by atoms with Crippen LogP contribution in [0.5, 0.6) is 5.75 Å². The van der Waals surface area contributed by atoms with Crippen molar-refractivity contribution in [3.63, 3.8) is 0 Å². The smallest absolute Gasteiger partial charge is 0.305 e. The molecule has 1 rings (SSSR count).